The number of thioether (sulfide) groups is 1. The number of carbonyl (C=O) groups is 1. The van der Waals surface area contributed by atoms with Gasteiger partial charge in [0.15, 0.2) is 6.29 Å². The smallest absolute Gasteiger partial charge is 0.153 e. The van der Waals surface area contributed by atoms with Gasteiger partial charge in [-0.3, -0.25) is 4.79 Å². The molecule has 0 aliphatic carbocycles. The molecule has 3 heteroatoms. The summed E-state index contributed by atoms with van der Waals surface area (Å²) in [6, 6.07) is 7.81. The number of nitrogens with one attached hydrogen (secondary N) is 1. The van der Waals surface area contributed by atoms with Crippen LogP contribution in [0.15, 0.2) is 41.9 Å². The van der Waals surface area contributed by atoms with E-state index in [0.29, 0.717) is 0 Å². The van der Waals surface area contributed by atoms with Gasteiger partial charge in [-0.2, -0.15) is 0 Å². The van der Waals surface area contributed by atoms with Crippen molar-refractivity contribution >= 4 is 29.0 Å². The summed E-state index contributed by atoms with van der Waals surface area (Å²) in [6.45, 7) is 3.66. The van der Waals surface area contributed by atoms with Crippen LogP contribution in [0.25, 0.3) is 10.9 Å². The van der Waals surface area contributed by atoms with Crippen molar-refractivity contribution in [1.29, 1.82) is 0 Å². The fourth-order valence-corrected chi connectivity index (χ4v) is 2.29. The van der Waals surface area contributed by atoms with Gasteiger partial charge in [0.25, 0.3) is 0 Å². The van der Waals surface area contributed by atoms with Crippen LogP contribution in [0.1, 0.15) is 10.4 Å². The van der Waals surface area contributed by atoms with Crippen LogP contribution in [-0.2, 0) is 0 Å². The van der Waals surface area contributed by atoms with Crippen molar-refractivity contribution in [2.45, 2.75) is 5.03 Å². The summed E-state index contributed by atoms with van der Waals surface area (Å²) in [4.78, 5) is 14.2. The third kappa shape index (κ3) is 1.83. The Bertz CT molecular complexity index is 501. The molecule has 0 bridgehead atoms. The van der Waals surface area contributed by atoms with Gasteiger partial charge in [-0.25, -0.2) is 0 Å². The molecule has 0 saturated heterocycles. The topological polar surface area (TPSA) is 32.9 Å². The Balaban J connectivity index is 2.53. The summed E-state index contributed by atoms with van der Waals surface area (Å²) in [5, 5.41) is 1.91. The average molecular weight is 217 g/mol. The average Bonchev–Trinajstić information content (AvgIpc) is 2.63. The molecule has 0 saturated carbocycles. The fourth-order valence-electron chi connectivity index (χ4n) is 1.51. The monoisotopic (exact) mass is 217 g/mol. The highest BCUT2D eigenvalue weighted by molar-refractivity contribution is 7.99. The van der Waals surface area contributed by atoms with Crippen molar-refractivity contribution in [1.82, 2.24) is 4.98 Å². The van der Waals surface area contributed by atoms with Gasteiger partial charge in [0.05, 0.1) is 10.6 Å². The van der Waals surface area contributed by atoms with Crippen LogP contribution >= 0.6 is 11.8 Å². The third-order valence-corrected chi connectivity index (χ3v) is 3.19. The predicted octanol–water partition coefficient (Wildman–Crippen LogP) is 3.26. The van der Waals surface area contributed by atoms with Gasteiger partial charge < -0.3 is 4.98 Å². The molecule has 0 aliphatic heterocycles. The molecule has 0 aliphatic rings. The van der Waals surface area contributed by atoms with Crippen LogP contribution < -0.4 is 0 Å². The lowest BCUT2D eigenvalue weighted by atomic mass is 10.2. The number of aldehydes is 1. The van der Waals surface area contributed by atoms with E-state index in [-0.39, 0.29) is 0 Å². The van der Waals surface area contributed by atoms with Gasteiger partial charge >= 0.3 is 0 Å². The molecule has 2 aromatic rings. The fraction of sp³-hybridized carbons (Fsp3) is 0.0833. The van der Waals surface area contributed by atoms with E-state index in [1.165, 1.54) is 0 Å². The first-order valence-electron chi connectivity index (χ1n) is 4.66. The Hall–Kier alpha value is -1.48. The molecule has 1 aromatic carbocycles. The highest BCUT2D eigenvalue weighted by atomic mass is 32.2. The summed E-state index contributed by atoms with van der Waals surface area (Å²) in [6.07, 6.45) is 2.73. The Morgan fingerprint density at radius 3 is 2.93 bits per heavy atom. The van der Waals surface area contributed by atoms with Gasteiger partial charge in [-0.05, 0) is 6.07 Å². The molecule has 0 amide bonds. The normalized spacial score (nSPS) is 10.4. The number of para-hydroxylation sites is 1. The zero-order valence-corrected chi connectivity index (χ0v) is 9.01. The van der Waals surface area contributed by atoms with Crippen molar-refractivity contribution in [3.8, 4) is 0 Å². The number of carbonyl (C=O) groups excluding carboxylic acids is 1. The summed E-state index contributed by atoms with van der Waals surface area (Å²) in [7, 11) is 0. The summed E-state index contributed by atoms with van der Waals surface area (Å²) in [5.41, 5.74) is 1.75. The lowest BCUT2D eigenvalue weighted by molar-refractivity contribution is 0.112. The number of hydrogen-bond acceptors (Lipinski definition) is 2. The highest BCUT2D eigenvalue weighted by Crippen LogP contribution is 2.28. The maximum Gasteiger partial charge on any atom is 0.153 e. The minimum atomic E-state index is 0.748. The van der Waals surface area contributed by atoms with Gasteiger partial charge in [0.2, 0.25) is 0 Å². The van der Waals surface area contributed by atoms with Crippen LogP contribution in [0.4, 0.5) is 0 Å². The van der Waals surface area contributed by atoms with Crippen LogP contribution in [-0.4, -0.2) is 17.0 Å². The molecular formula is C12H11NOS. The highest BCUT2D eigenvalue weighted by Gasteiger charge is 2.09. The first kappa shape index (κ1) is 10.1. The number of aromatic amines is 1. The molecule has 0 unspecified atom stereocenters. The van der Waals surface area contributed by atoms with E-state index in [2.05, 4.69) is 11.6 Å². The van der Waals surface area contributed by atoms with Gasteiger partial charge in [-0.1, -0.05) is 24.3 Å². The van der Waals surface area contributed by atoms with Crippen molar-refractivity contribution in [2.24, 2.45) is 0 Å². The number of hydrogen-bond donors (Lipinski definition) is 1. The van der Waals surface area contributed by atoms with Crippen LogP contribution in [0, 0.1) is 0 Å². The molecule has 2 nitrogen and oxygen atoms in total. The Labute approximate surface area is 92.4 Å². The van der Waals surface area contributed by atoms with Crippen LogP contribution in [0.3, 0.4) is 0 Å². The molecule has 1 N–H and O–H groups in total. The van der Waals surface area contributed by atoms with Crippen molar-refractivity contribution in [3.05, 3.63) is 42.5 Å². The molecule has 1 heterocycles. The van der Waals surface area contributed by atoms with E-state index in [1.54, 1.807) is 11.8 Å². The molecule has 2 rings (SSSR count). The molecule has 15 heavy (non-hydrogen) atoms. The molecule has 0 radical (unpaired) electrons. The standard InChI is InChI=1S/C12H11NOS/c1-2-7-15-12-10(8-14)9-5-3-4-6-11(9)13-12/h2-6,8,13H,1,7H2. The molecule has 1 aromatic heterocycles. The quantitative estimate of drug-likeness (QED) is 0.484. The number of aromatic nitrogens is 1. The lowest BCUT2D eigenvalue weighted by Gasteiger charge is -1.94. The molecule has 76 valence electrons. The molecule has 0 spiro atoms. The zero-order valence-electron chi connectivity index (χ0n) is 8.19. The maximum absolute atomic E-state index is 11.0. The maximum atomic E-state index is 11.0. The van der Waals surface area contributed by atoms with E-state index in [1.807, 2.05) is 30.3 Å². The second-order valence-corrected chi connectivity index (χ2v) is 4.16. The summed E-state index contributed by atoms with van der Waals surface area (Å²) < 4.78 is 0. The van der Waals surface area contributed by atoms with Crippen molar-refractivity contribution in [3.63, 3.8) is 0 Å². The first-order chi connectivity index (χ1) is 7.36. The second-order valence-electron chi connectivity index (χ2n) is 3.13. The van der Waals surface area contributed by atoms with E-state index < -0.39 is 0 Å². The molecule has 0 atom stereocenters. The van der Waals surface area contributed by atoms with E-state index >= 15 is 0 Å². The van der Waals surface area contributed by atoms with Gasteiger partial charge in [0.1, 0.15) is 0 Å². The van der Waals surface area contributed by atoms with Gasteiger partial charge in [0, 0.05) is 16.7 Å². The predicted molar refractivity (Wildman–Crippen MR) is 64.6 cm³/mol. The first-order valence-corrected chi connectivity index (χ1v) is 5.65. The van der Waals surface area contributed by atoms with Crippen LogP contribution in [0.5, 0.6) is 0 Å². The second kappa shape index (κ2) is 4.36. The zero-order chi connectivity index (χ0) is 10.7. The number of H-pyrrole nitrogens is 1. The van der Waals surface area contributed by atoms with Crippen molar-refractivity contribution in [2.75, 3.05) is 5.75 Å². The van der Waals surface area contributed by atoms with Crippen molar-refractivity contribution < 1.29 is 4.79 Å². The summed E-state index contributed by atoms with van der Waals surface area (Å²) >= 11 is 1.59. The molecular weight excluding hydrogens is 206 g/mol. The lowest BCUT2D eigenvalue weighted by Crippen LogP contribution is -1.81. The Morgan fingerprint density at radius 1 is 1.40 bits per heavy atom. The summed E-state index contributed by atoms with van der Waals surface area (Å²) in [5.74, 6) is 0.799. The van der Waals surface area contributed by atoms with E-state index in [9.17, 15) is 4.79 Å². The third-order valence-electron chi connectivity index (χ3n) is 2.17. The van der Waals surface area contributed by atoms with E-state index in [0.717, 1.165) is 33.5 Å². The Morgan fingerprint density at radius 2 is 2.20 bits per heavy atom. The minimum Gasteiger partial charge on any atom is -0.349 e. The van der Waals surface area contributed by atoms with Crippen LogP contribution in [0.2, 0.25) is 0 Å². The number of fused-ring (bicyclic) bond motifs is 1. The van der Waals surface area contributed by atoms with Gasteiger partial charge in [-0.15, -0.1) is 18.3 Å². The largest absolute Gasteiger partial charge is 0.349 e. The SMILES string of the molecule is C=CCSc1[nH]c2ccccc2c1C=O. The number of rotatable bonds is 4. The molecule has 0 fully saturated rings. The van der Waals surface area contributed by atoms with E-state index in [4.69, 9.17) is 0 Å². The minimum absolute atomic E-state index is 0.748. The number of benzene rings is 1. The Kier molecular flexibility index (Phi) is 2.92.